The van der Waals surface area contributed by atoms with Crippen molar-refractivity contribution in [2.24, 2.45) is 0 Å². The number of rotatable bonds is 7. The van der Waals surface area contributed by atoms with E-state index in [0.717, 1.165) is 23.5 Å². The van der Waals surface area contributed by atoms with Gasteiger partial charge in [0.25, 0.3) is 0 Å². The van der Waals surface area contributed by atoms with E-state index in [0.29, 0.717) is 5.92 Å². The van der Waals surface area contributed by atoms with Crippen LogP contribution in [0.1, 0.15) is 34.9 Å². The van der Waals surface area contributed by atoms with Gasteiger partial charge in [0.2, 0.25) is 0 Å². The molecule has 1 heterocycles. The SMILES string of the molecule is C1=CC2Oc3cc(-c4ccccc4)c4ccccc4c3C2C(c2ccc(N(C3=CCC(c4ccccc4)C=C3)c3ccc(-c4ccccc4)cc3)cc2)=C1. The lowest BCUT2D eigenvalue weighted by Gasteiger charge is -2.30. The van der Waals surface area contributed by atoms with E-state index >= 15 is 0 Å². The van der Waals surface area contributed by atoms with E-state index in [1.54, 1.807) is 0 Å². The van der Waals surface area contributed by atoms with Crippen LogP contribution in [-0.4, -0.2) is 6.10 Å². The molecule has 0 amide bonds. The Morgan fingerprint density at radius 1 is 0.537 bits per heavy atom. The Labute approximate surface area is 317 Å². The van der Waals surface area contributed by atoms with Gasteiger partial charge in [-0.05, 0) is 98.6 Å². The van der Waals surface area contributed by atoms with Gasteiger partial charge in [-0.1, -0.05) is 164 Å². The number of allylic oxidation sites excluding steroid dienone is 5. The molecule has 0 spiro atoms. The van der Waals surface area contributed by atoms with Crippen LogP contribution in [0.2, 0.25) is 0 Å². The highest BCUT2D eigenvalue weighted by atomic mass is 16.5. The number of nitrogens with zero attached hydrogens (tertiary/aromatic N) is 1. The molecule has 3 atom stereocenters. The van der Waals surface area contributed by atoms with Gasteiger partial charge >= 0.3 is 0 Å². The summed E-state index contributed by atoms with van der Waals surface area (Å²) in [5.74, 6) is 1.45. The molecule has 0 fully saturated rings. The maximum Gasteiger partial charge on any atom is 0.128 e. The van der Waals surface area contributed by atoms with Crippen LogP contribution in [-0.2, 0) is 0 Å². The van der Waals surface area contributed by atoms with Crippen LogP contribution in [0, 0.1) is 0 Å². The van der Waals surface area contributed by atoms with Crippen molar-refractivity contribution >= 4 is 27.7 Å². The topological polar surface area (TPSA) is 12.5 Å². The zero-order chi connectivity index (χ0) is 35.8. The molecule has 2 nitrogen and oxygen atoms in total. The van der Waals surface area contributed by atoms with Crippen molar-refractivity contribution in [3.63, 3.8) is 0 Å². The van der Waals surface area contributed by atoms with E-state index in [9.17, 15) is 0 Å². The second-order valence-electron chi connectivity index (χ2n) is 14.4. The van der Waals surface area contributed by atoms with Crippen LogP contribution in [0.3, 0.4) is 0 Å². The third-order valence-electron chi connectivity index (χ3n) is 11.2. The second kappa shape index (κ2) is 13.7. The Kier molecular flexibility index (Phi) is 8.15. The smallest absolute Gasteiger partial charge is 0.128 e. The van der Waals surface area contributed by atoms with Gasteiger partial charge in [0, 0.05) is 28.6 Å². The van der Waals surface area contributed by atoms with Gasteiger partial charge in [-0.2, -0.15) is 0 Å². The molecule has 2 heteroatoms. The van der Waals surface area contributed by atoms with E-state index in [2.05, 4.69) is 211 Å². The Bertz CT molecular complexity index is 2580. The average molecular weight is 694 g/mol. The summed E-state index contributed by atoms with van der Waals surface area (Å²) in [7, 11) is 0. The molecule has 7 aromatic carbocycles. The van der Waals surface area contributed by atoms with Crippen molar-refractivity contribution in [1.82, 2.24) is 0 Å². The number of ether oxygens (including phenoxy) is 1. The fourth-order valence-corrected chi connectivity index (χ4v) is 8.56. The number of benzene rings is 7. The maximum absolute atomic E-state index is 6.76. The van der Waals surface area contributed by atoms with Gasteiger partial charge in [0.1, 0.15) is 11.9 Å². The van der Waals surface area contributed by atoms with Gasteiger partial charge in [-0.15, -0.1) is 0 Å². The van der Waals surface area contributed by atoms with Crippen LogP contribution in [0.4, 0.5) is 11.4 Å². The molecule has 0 N–H and O–H groups in total. The molecule has 0 bridgehead atoms. The minimum Gasteiger partial charge on any atom is -0.485 e. The molecule has 2 aliphatic carbocycles. The van der Waals surface area contributed by atoms with Crippen LogP contribution >= 0.6 is 0 Å². The van der Waals surface area contributed by atoms with Gasteiger partial charge in [0.05, 0.1) is 5.92 Å². The van der Waals surface area contributed by atoms with Crippen LogP contribution in [0.25, 0.3) is 38.6 Å². The molecule has 3 unspecified atom stereocenters. The van der Waals surface area contributed by atoms with Gasteiger partial charge in [0.15, 0.2) is 0 Å². The minimum absolute atomic E-state index is 0.0520. The molecule has 0 aromatic heterocycles. The third-order valence-corrected chi connectivity index (χ3v) is 11.2. The van der Waals surface area contributed by atoms with Crippen molar-refractivity contribution in [3.05, 3.63) is 229 Å². The van der Waals surface area contributed by atoms with Crippen molar-refractivity contribution in [1.29, 1.82) is 0 Å². The predicted octanol–water partition coefficient (Wildman–Crippen LogP) is 13.4. The molecule has 0 saturated carbocycles. The maximum atomic E-state index is 6.76. The summed E-state index contributed by atoms with van der Waals surface area (Å²) in [6, 6.07) is 61.2. The number of anilines is 2. The lowest BCUT2D eigenvalue weighted by Crippen LogP contribution is -2.20. The quantitative estimate of drug-likeness (QED) is 0.165. The van der Waals surface area contributed by atoms with Gasteiger partial charge in [-0.3, -0.25) is 0 Å². The largest absolute Gasteiger partial charge is 0.485 e. The van der Waals surface area contributed by atoms with Gasteiger partial charge in [-0.25, -0.2) is 0 Å². The molecule has 0 saturated heterocycles. The predicted molar refractivity (Wildman–Crippen MR) is 225 cm³/mol. The molecular weight excluding hydrogens is 655 g/mol. The van der Waals surface area contributed by atoms with E-state index in [4.69, 9.17) is 4.74 Å². The molecule has 10 rings (SSSR count). The summed E-state index contributed by atoms with van der Waals surface area (Å²) in [5.41, 5.74) is 13.4. The number of hydrogen-bond acceptors (Lipinski definition) is 2. The first-order chi connectivity index (χ1) is 26.8. The normalized spacial score (nSPS) is 18.3. The summed E-state index contributed by atoms with van der Waals surface area (Å²) in [6.45, 7) is 0. The Morgan fingerprint density at radius 2 is 1.13 bits per heavy atom. The minimum atomic E-state index is -0.0520. The third kappa shape index (κ3) is 5.77. The molecular formula is C52H39NO. The number of hydrogen-bond donors (Lipinski definition) is 0. The van der Waals surface area contributed by atoms with Crippen LogP contribution < -0.4 is 9.64 Å². The van der Waals surface area contributed by atoms with E-state index < -0.39 is 0 Å². The van der Waals surface area contributed by atoms with E-state index in [-0.39, 0.29) is 12.0 Å². The molecule has 7 aromatic rings. The summed E-state index contributed by atoms with van der Waals surface area (Å²) < 4.78 is 6.76. The highest BCUT2D eigenvalue weighted by Gasteiger charge is 2.39. The molecule has 54 heavy (non-hydrogen) atoms. The Balaban J connectivity index is 1.01. The van der Waals surface area contributed by atoms with E-state index in [1.165, 1.54) is 61.0 Å². The molecule has 258 valence electrons. The van der Waals surface area contributed by atoms with Crippen molar-refractivity contribution in [2.75, 3.05) is 4.90 Å². The van der Waals surface area contributed by atoms with Crippen molar-refractivity contribution < 1.29 is 4.74 Å². The summed E-state index contributed by atoms with van der Waals surface area (Å²) in [5, 5.41) is 2.52. The van der Waals surface area contributed by atoms with Crippen molar-refractivity contribution in [2.45, 2.75) is 24.4 Å². The van der Waals surface area contributed by atoms with Gasteiger partial charge < -0.3 is 9.64 Å². The lowest BCUT2D eigenvalue weighted by atomic mass is 9.79. The zero-order valence-corrected chi connectivity index (χ0v) is 29.9. The van der Waals surface area contributed by atoms with Crippen LogP contribution in [0.5, 0.6) is 5.75 Å². The summed E-state index contributed by atoms with van der Waals surface area (Å²) in [6.07, 6.45) is 14.6. The fourth-order valence-electron chi connectivity index (χ4n) is 8.56. The lowest BCUT2D eigenvalue weighted by molar-refractivity contribution is 0.272. The first-order valence-electron chi connectivity index (χ1n) is 18.9. The Morgan fingerprint density at radius 3 is 1.80 bits per heavy atom. The molecule has 1 aliphatic heterocycles. The van der Waals surface area contributed by atoms with Crippen molar-refractivity contribution in [3.8, 4) is 28.0 Å². The molecule has 0 radical (unpaired) electrons. The average Bonchev–Trinajstić information content (AvgIpc) is 3.64. The molecule has 3 aliphatic rings. The zero-order valence-electron chi connectivity index (χ0n) is 29.9. The first kappa shape index (κ1) is 32.0. The standard InChI is InChI=1S/C52H39NO/c1-4-13-36(14-5-1)38-23-29-42(30-24-38)53(43-31-25-39(26-32-43)37-15-6-2-7-16-37)44-33-27-41(28-34-44)45-21-12-22-49-51(45)52-47-20-11-10-19-46(47)48(35-50(52)54-49)40-17-8-3-9-18-40/h1-25,27-35,39,49,51H,26H2. The van der Waals surface area contributed by atoms with E-state index in [1.807, 2.05) is 0 Å². The first-order valence-corrected chi connectivity index (χ1v) is 18.9. The van der Waals surface area contributed by atoms with Crippen LogP contribution in [0.15, 0.2) is 212 Å². The summed E-state index contributed by atoms with van der Waals surface area (Å²) in [4.78, 5) is 2.39. The fraction of sp³-hybridized carbons (Fsp3) is 0.0769. The number of fused-ring (bicyclic) bond motifs is 5. The second-order valence-corrected chi connectivity index (χ2v) is 14.4. The summed E-state index contributed by atoms with van der Waals surface area (Å²) >= 11 is 0. The highest BCUT2D eigenvalue weighted by Crippen LogP contribution is 2.53. The monoisotopic (exact) mass is 693 g/mol. The Hall–Kier alpha value is -6.64. The highest BCUT2D eigenvalue weighted by molar-refractivity contribution is 6.02.